The van der Waals surface area contributed by atoms with Crippen LogP contribution in [0, 0.1) is 29.1 Å². The van der Waals surface area contributed by atoms with Crippen molar-refractivity contribution < 1.29 is 27.1 Å². The first kappa shape index (κ1) is 14.2. The highest BCUT2D eigenvalue weighted by molar-refractivity contribution is 7.16. The normalized spacial score (nSPS) is 12.8. The second-order valence-corrected chi connectivity index (χ2v) is 5.27. The van der Waals surface area contributed by atoms with E-state index < -0.39 is 40.8 Å². The third-order valence-electron chi connectivity index (χ3n) is 2.38. The molecule has 102 valence electrons. The van der Waals surface area contributed by atoms with E-state index in [4.69, 9.17) is 11.6 Å². The summed E-state index contributed by atoms with van der Waals surface area (Å²) in [7, 11) is 0. The van der Waals surface area contributed by atoms with Crippen LogP contribution in [0.4, 0.5) is 22.0 Å². The third kappa shape index (κ3) is 2.33. The molecule has 8 heteroatoms. The molecule has 1 heterocycles. The van der Waals surface area contributed by atoms with Crippen molar-refractivity contribution in [1.29, 1.82) is 0 Å². The Morgan fingerprint density at radius 3 is 1.79 bits per heavy atom. The first-order chi connectivity index (χ1) is 8.84. The van der Waals surface area contributed by atoms with Crippen LogP contribution in [0.2, 0.25) is 4.34 Å². The molecule has 2 aromatic rings. The maximum atomic E-state index is 13.4. The Kier molecular flexibility index (Phi) is 3.80. The van der Waals surface area contributed by atoms with Crippen LogP contribution in [0.1, 0.15) is 16.5 Å². The topological polar surface area (TPSA) is 20.2 Å². The summed E-state index contributed by atoms with van der Waals surface area (Å²) in [5, 5.41) is 9.72. The van der Waals surface area contributed by atoms with Gasteiger partial charge in [0.25, 0.3) is 0 Å². The zero-order valence-corrected chi connectivity index (χ0v) is 10.4. The van der Waals surface area contributed by atoms with E-state index >= 15 is 0 Å². The number of aliphatic hydroxyl groups is 1. The Morgan fingerprint density at radius 1 is 0.895 bits per heavy atom. The Labute approximate surface area is 112 Å². The lowest BCUT2D eigenvalue weighted by molar-refractivity contribution is 0.206. The summed E-state index contributed by atoms with van der Waals surface area (Å²) in [6.45, 7) is 0. The van der Waals surface area contributed by atoms with Gasteiger partial charge in [-0.15, -0.1) is 11.3 Å². The van der Waals surface area contributed by atoms with E-state index in [9.17, 15) is 27.1 Å². The molecule has 1 aromatic heterocycles. The lowest BCUT2D eigenvalue weighted by Gasteiger charge is -2.12. The molecular formula is C11H4ClF5OS. The van der Waals surface area contributed by atoms with Gasteiger partial charge in [0, 0.05) is 4.88 Å². The average molecular weight is 315 g/mol. The number of rotatable bonds is 2. The van der Waals surface area contributed by atoms with Gasteiger partial charge < -0.3 is 5.11 Å². The van der Waals surface area contributed by atoms with Gasteiger partial charge in [0.2, 0.25) is 5.82 Å². The summed E-state index contributed by atoms with van der Waals surface area (Å²) in [5.41, 5.74) is -1.30. The van der Waals surface area contributed by atoms with Gasteiger partial charge in [-0.25, -0.2) is 22.0 Å². The maximum Gasteiger partial charge on any atom is 0.200 e. The van der Waals surface area contributed by atoms with Crippen LogP contribution >= 0.6 is 22.9 Å². The van der Waals surface area contributed by atoms with Gasteiger partial charge >= 0.3 is 0 Å². The Morgan fingerprint density at radius 2 is 1.37 bits per heavy atom. The fourth-order valence-corrected chi connectivity index (χ4v) is 2.54. The number of halogens is 6. The summed E-state index contributed by atoms with van der Waals surface area (Å²) in [6.07, 6.45) is -1.98. The van der Waals surface area contributed by atoms with Crippen LogP contribution < -0.4 is 0 Å². The van der Waals surface area contributed by atoms with Crippen molar-refractivity contribution >= 4 is 22.9 Å². The van der Waals surface area contributed by atoms with Crippen LogP contribution in [0.15, 0.2) is 12.1 Å². The lowest BCUT2D eigenvalue weighted by atomic mass is 10.1. The summed E-state index contributed by atoms with van der Waals surface area (Å²) in [6, 6.07) is 2.56. The van der Waals surface area contributed by atoms with Crippen molar-refractivity contribution in [2.24, 2.45) is 0 Å². The van der Waals surface area contributed by atoms with Crippen molar-refractivity contribution in [3.63, 3.8) is 0 Å². The highest BCUT2D eigenvalue weighted by Gasteiger charge is 2.30. The van der Waals surface area contributed by atoms with E-state index in [1.165, 1.54) is 12.1 Å². The summed E-state index contributed by atoms with van der Waals surface area (Å²) >= 11 is 6.34. The first-order valence-corrected chi connectivity index (χ1v) is 5.98. The highest BCUT2D eigenvalue weighted by Crippen LogP contribution is 2.35. The molecule has 1 aromatic carbocycles. The van der Waals surface area contributed by atoms with Crippen molar-refractivity contribution in [3.8, 4) is 0 Å². The number of hydrogen-bond acceptors (Lipinski definition) is 2. The predicted molar refractivity (Wildman–Crippen MR) is 59.6 cm³/mol. The maximum absolute atomic E-state index is 13.4. The molecule has 1 N–H and O–H groups in total. The second-order valence-electron chi connectivity index (χ2n) is 3.53. The van der Waals surface area contributed by atoms with Crippen molar-refractivity contribution in [1.82, 2.24) is 0 Å². The molecule has 1 nitrogen and oxygen atoms in total. The SMILES string of the molecule is OC(c1ccc(Cl)s1)c1c(F)c(F)c(F)c(F)c1F. The predicted octanol–water partition coefficient (Wildman–Crippen LogP) is 4.18. The van der Waals surface area contributed by atoms with Gasteiger partial charge in [0.1, 0.15) is 6.10 Å². The van der Waals surface area contributed by atoms with E-state index in [0.29, 0.717) is 0 Å². The fourth-order valence-electron chi connectivity index (χ4n) is 1.48. The minimum Gasteiger partial charge on any atom is -0.383 e. The van der Waals surface area contributed by atoms with E-state index in [0.717, 1.165) is 11.3 Å². The van der Waals surface area contributed by atoms with Gasteiger partial charge in [-0.2, -0.15) is 0 Å². The molecule has 0 aliphatic carbocycles. The van der Waals surface area contributed by atoms with Gasteiger partial charge in [-0.1, -0.05) is 11.6 Å². The van der Waals surface area contributed by atoms with Gasteiger partial charge in [0.05, 0.1) is 9.90 Å². The number of hydrogen-bond donors (Lipinski definition) is 1. The molecule has 0 saturated carbocycles. The van der Waals surface area contributed by atoms with Crippen LogP contribution in [0.5, 0.6) is 0 Å². The van der Waals surface area contributed by atoms with Crippen molar-refractivity contribution in [3.05, 3.63) is 56.0 Å². The van der Waals surface area contributed by atoms with E-state index in [1.54, 1.807) is 0 Å². The minimum atomic E-state index is -2.27. The van der Waals surface area contributed by atoms with Gasteiger partial charge in [0.15, 0.2) is 23.3 Å². The standard InChI is InChI=1S/C11H4ClF5OS/c12-4-2-1-3(19-4)11(18)5-6(13)8(15)10(17)9(16)7(5)14/h1-2,11,18H. The monoisotopic (exact) mass is 314 g/mol. The number of thiophene rings is 1. The van der Waals surface area contributed by atoms with Crippen LogP contribution in [0.3, 0.4) is 0 Å². The smallest absolute Gasteiger partial charge is 0.200 e. The quantitative estimate of drug-likeness (QED) is 0.501. The second kappa shape index (κ2) is 5.07. The molecule has 0 spiro atoms. The van der Waals surface area contributed by atoms with Gasteiger partial charge in [-0.3, -0.25) is 0 Å². The lowest BCUT2D eigenvalue weighted by Crippen LogP contribution is -2.11. The van der Waals surface area contributed by atoms with Crippen LogP contribution in [-0.4, -0.2) is 5.11 Å². The zero-order valence-electron chi connectivity index (χ0n) is 8.86. The summed E-state index contributed by atoms with van der Waals surface area (Å²) in [4.78, 5) is -0.0341. The average Bonchev–Trinajstić information content (AvgIpc) is 2.81. The molecular weight excluding hydrogens is 311 g/mol. The largest absolute Gasteiger partial charge is 0.383 e. The van der Waals surface area contributed by atoms with E-state index in [-0.39, 0.29) is 9.21 Å². The Bertz CT molecular complexity index is 613. The molecule has 2 rings (SSSR count). The van der Waals surface area contributed by atoms with Crippen LogP contribution in [-0.2, 0) is 0 Å². The molecule has 0 bridgehead atoms. The molecule has 0 fully saturated rings. The van der Waals surface area contributed by atoms with E-state index in [1.807, 2.05) is 0 Å². The molecule has 0 saturated heterocycles. The molecule has 0 aliphatic heterocycles. The first-order valence-electron chi connectivity index (χ1n) is 4.79. The van der Waals surface area contributed by atoms with Crippen LogP contribution in [0.25, 0.3) is 0 Å². The number of aliphatic hydroxyl groups excluding tert-OH is 1. The van der Waals surface area contributed by atoms with Gasteiger partial charge in [-0.05, 0) is 12.1 Å². The minimum absolute atomic E-state index is 0.0341. The molecule has 1 unspecified atom stereocenters. The molecule has 1 atom stereocenters. The van der Waals surface area contributed by atoms with Crippen molar-refractivity contribution in [2.75, 3.05) is 0 Å². The van der Waals surface area contributed by atoms with E-state index in [2.05, 4.69) is 0 Å². The van der Waals surface area contributed by atoms with Crippen molar-refractivity contribution in [2.45, 2.75) is 6.10 Å². The Balaban J connectivity index is 2.63. The highest BCUT2D eigenvalue weighted by atomic mass is 35.5. The Hall–Kier alpha value is -1.18. The molecule has 19 heavy (non-hydrogen) atoms. The molecule has 0 aliphatic rings. The summed E-state index contributed by atoms with van der Waals surface area (Å²) in [5.74, 6) is -10.6. The molecule has 0 radical (unpaired) electrons. The third-order valence-corrected chi connectivity index (χ3v) is 3.66. The summed E-state index contributed by atoms with van der Waals surface area (Å²) < 4.78 is 65.9. The zero-order chi connectivity index (χ0) is 14.3. The molecule has 0 amide bonds. The number of benzene rings is 1. The fraction of sp³-hybridized carbons (Fsp3) is 0.0909.